The summed E-state index contributed by atoms with van der Waals surface area (Å²) in [7, 11) is 0. The molecule has 0 aromatic carbocycles. The molecule has 7 heteroatoms. The molecule has 17 heavy (non-hydrogen) atoms. The van der Waals surface area contributed by atoms with Crippen molar-refractivity contribution in [2.24, 2.45) is 0 Å². The first kappa shape index (κ1) is 11.1. The predicted molar refractivity (Wildman–Crippen MR) is 64.1 cm³/mol. The Kier molecular flexibility index (Phi) is 3.04. The second-order valence-electron chi connectivity index (χ2n) is 4.20. The Morgan fingerprint density at radius 1 is 1.41 bits per heavy atom. The third kappa shape index (κ3) is 2.31. The van der Waals surface area contributed by atoms with Crippen LogP contribution in [0.25, 0.3) is 4.96 Å². The lowest BCUT2D eigenvalue weighted by atomic mass is 10.1. The molecule has 0 atom stereocenters. The van der Waals surface area contributed by atoms with Gasteiger partial charge in [-0.25, -0.2) is 0 Å². The zero-order chi connectivity index (χ0) is 11.7. The fraction of sp³-hybridized carbons (Fsp3) is 0.700. The van der Waals surface area contributed by atoms with E-state index in [4.69, 9.17) is 4.74 Å². The molecule has 92 valence electrons. The highest BCUT2D eigenvalue weighted by atomic mass is 32.1. The number of piperidine rings is 1. The molecule has 0 amide bonds. The predicted octanol–water partition coefficient (Wildman–Crippen LogP) is 0.763. The van der Waals surface area contributed by atoms with E-state index < -0.39 is 0 Å². The van der Waals surface area contributed by atoms with Crippen molar-refractivity contribution in [1.29, 1.82) is 0 Å². The molecule has 3 rings (SSSR count). The van der Waals surface area contributed by atoms with Gasteiger partial charge in [-0.2, -0.15) is 9.61 Å². The number of aryl methyl sites for hydroxylation is 1. The van der Waals surface area contributed by atoms with E-state index in [-0.39, 0.29) is 0 Å². The average molecular weight is 253 g/mol. The largest absolute Gasteiger partial charge is 0.371 e. The molecule has 1 aliphatic heterocycles. The van der Waals surface area contributed by atoms with Crippen LogP contribution in [0.5, 0.6) is 0 Å². The van der Waals surface area contributed by atoms with E-state index in [0.717, 1.165) is 41.7 Å². The molecule has 2 aromatic heterocycles. The van der Waals surface area contributed by atoms with Gasteiger partial charge in [-0.3, -0.25) is 0 Å². The highest BCUT2D eigenvalue weighted by Crippen LogP contribution is 2.16. The first-order chi connectivity index (χ1) is 8.33. The van der Waals surface area contributed by atoms with E-state index in [2.05, 4.69) is 20.6 Å². The van der Waals surface area contributed by atoms with Crippen LogP contribution in [-0.2, 0) is 11.3 Å². The summed E-state index contributed by atoms with van der Waals surface area (Å²) in [6.45, 7) is 4.58. The Hall–Kier alpha value is -1.05. The molecule has 0 bridgehead atoms. The fourth-order valence-electron chi connectivity index (χ4n) is 1.96. The number of hydrogen-bond acceptors (Lipinski definition) is 6. The van der Waals surface area contributed by atoms with E-state index >= 15 is 0 Å². The lowest BCUT2D eigenvalue weighted by molar-refractivity contribution is 0.0208. The van der Waals surface area contributed by atoms with Crippen molar-refractivity contribution < 1.29 is 4.74 Å². The number of aromatic nitrogens is 4. The first-order valence-electron chi connectivity index (χ1n) is 5.83. The Morgan fingerprint density at radius 3 is 3.00 bits per heavy atom. The summed E-state index contributed by atoms with van der Waals surface area (Å²) >= 11 is 1.54. The third-order valence-electron chi connectivity index (χ3n) is 2.92. The van der Waals surface area contributed by atoms with Crippen LogP contribution in [0.2, 0.25) is 0 Å². The molecule has 6 nitrogen and oxygen atoms in total. The smallest absolute Gasteiger partial charge is 0.234 e. The molecular weight excluding hydrogens is 238 g/mol. The Balaban J connectivity index is 1.64. The van der Waals surface area contributed by atoms with Crippen molar-refractivity contribution in [1.82, 2.24) is 25.1 Å². The second kappa shape index (κ2) is 4.67. The number of ether oxygens (including phenoxy) is 1. The van der Waals surface area contributed by atoms with Crippen LogP contribution in [0.15, 0.2) is 0 Å². The van der Waals surface area contributed by atoms with Crippen molar-refractivity contribution in [2.45, 2.75) is 32.5 Å². The quantitative estimate of drug-likeness (QED) is 0.875. The Morgan fingerprint density at radius 2 is 2.24 bits per heavy atom. The maximum absolute atomic E-state index is 5.85. The average Bonchev–Trinajstić information content (AvgIpc) is 2.91. The summed E-state index contributed by atoms with van der Waals surface area (Å²) in [5, 5.41) is 16.7. The number of nitrogens with zero attached hydrogens (tertiary/aromatic N) is 4. The van der Waals surface area contributed by atoms with Crippen LogP contribution in [0, 0.1) is 6.92 Å². The van der Waals surface area contributed by atoms with Crippen LogP contribution >= 0.6 is 11.3 Å². The molecule has 0 unspecified atom stereocenters. The summed E-state index contributed by atoms with van der Waals surface area (Å²) in [5.41, 5.74) is 0. The zero-order valence-corrected chi connectivity index (χ0v) is 10.5. The highest BCUT2D eigenvalue weighted by Gasteiger charge is 2.15. The first-order valence-corrected chi connectivity index (χ1v) is 6.64. The maximum atomic E-state index is 5.85. The molecule has 0 aliphatic carbocycles. The van der Waals surface area contributed by atoms with E-state index in [1.54, 1.807) is 15.9 Å². The second-order valence-corrected chi connectivity index (χ2v) is 5.24. The minimum atomic E-state index is 0.367. The third-order valence-corrected chi connectivity index (χ3v) is 3.79. The van der Waals surface area contributed by atoms with Crippen molar-refractivity contribution in [3.8, 4) is 0 Å². The van der Waals surface area contributed by atoms with Gasteiger partial charge in [0.05, 0.1) is 6.10 Å². The van der Waals surface area contributed by atoms with Gasteiger partial charge in [0.2, 0.25) is 4.96 Å². The van der Waals surface area contributed by atoms with Crippen molar-refractivity contribution in [2.75, 3.05) is 13.1 Å². The minimum absolute atomic E-state index is 0.367. The molecule has 1 fully saturated rings. The minimum Gasteiger partial charge on any atom is -0.371 e. The molecule has 1 N–H and O–H groups in total. The van der Waals surface area contributed by atoms with E-state index in [1.807, 2.05) is 6.92 Å². The summed E-state index contributed by atoms with van der Waals surface area (Å²) in [6, 6.07) is 0. The lowest BCUT2D eigenvalue weighted by Crippen LogP contribution is -2.32. The van der Waals surface area contributed by atoms with Gasteiger partial charge in [-0.05, 0) is 32.9 Å². The van der Waals surface area contributed by atoms with Crippen LogP contribution < -0.4 is 5.32 Å². The normalized spacial score (nSPS) is 17.9. The van der Waals surface area contributed by atoms with Crippen LogP contribution in [0.1, 0.15) is 23.7 Å². The molecular formula is C10H15N5OS. The van der Waals surface area contributed by atoms with Gasteiger partial charge in [-0.15, -0.1) is 10.2 Å². The van der Waals surface area contributed by atoms with Gasteiger partial charge < -0.3 is 10.1 Å². The maximum Gasteiger partial charge on any atom is 0.234 e. The molecule has 0 saturated carbocycles. The molecule has 0 radical (unpaired) electrons. The van der Waals surface area contributed by atoms with Gasteiger partial charge >= 0.3 is 0 Å². The lowest BCUT2D eigenvalue weighted by Gasteiger charge is -2.22. The topological polar surface area (TPSA) is 64.3 Å². The summed E-state index contributed by atoms with van der Waals surface area (Å²) in [6.07, 6.45) is 2.54. The Bertz CT molecular complexity index is 502. The molecule has 0 spiro atoms. The van der Waals surface area contributed by atoms with Crippen molar-refractivity contribution in [3.05, 3.63) is 10.8 Å². The van der Waals surface area contributed by atoms with E-state index in [9.17, 15) is 0 Å². The van der Waals surface area contributed by atoms with Crippen LogP contribution in [-0.4, -0.2) is 39.0 Å². The highest BCUT2D eigenvalue weighted by molar-refractivity contribution is 7.16. The summed E-state index contributed by atoms with van der Waals surface area (Å²) < 4.78 is 7.62. The van der Waals surface area contributed by atoms with Gasteiger partial charge in [0.25, 0.3) is 0 Å². The van der Waals surface area contributed by atoms with Gasteiger partial charge in [0.15, 0.2) is 5.82 Å². The SMILES string of the molecule is Cc1nnc2sc(COC3CCNCC3)nn12. The summed E-state index contributed by atoms with van der Waals surface area (Å²) in [4.78, 5) is 0.839. The number of fused-ring (bicyclic) bond motifs is 1. The van der Waals surface area contributed by atoms with E-state index in [0.29, 0.717) is 12.7 Å². The van der Waals surface area contributed by atoms with Crippen molar-refractivity contribution >= 4 is 16.3 Å². The van der Waals surface area contributed by atoms with E-state index in [1.165, 1.54) is 0 Å². The van der Waals surface area contributed by atoms with Crippen LogP contribution in [0.3, 0.4) is 0 Å². The monoisotopic (exact) mass is 253 g/mol. The van der Waals surface area contributed by atoms with Crippen molar-refractivity contribution in [3.63, 3.8) is 0 Å². The summed E-state index contributed by atoms with van der Waals surface area (Å²) in [5.74, 6) is 0.823. The molecule has 2 aromatic rings. The molecule has 1 aliphatic rings. The zero-order valence-electron chi connectivity index (χ0n) is 9.72. The number of rotatable bonds is 3. The van der Waals surface area contributed by atoms with Crippen LogP contribution in [0.4, 0.5) is 0 Å². The molecule has 1 saturated heterocycles. The fourth-order valence-corrected chi connectivity index (χ4v) is 2.77. The standard InChI is InChI=1S/C10H15N5OS/c1-7-12-13-10-15(7)14-9(17-10)6-16-8-2-4-11-5-3-8/h8,11H,2-6H2,1H3. The number of hydrogen-bond donors (Lipinski definition) is 1. The Labute approximate surface area is 103 Å². The number of nitrogens with one attached hydrogen (secondary N) is 1. The van der Waals surface area contributed by atoms with Gasteiger partial charge in [0, 0.05) is 0 Å². The van der Waals surface area contributed by atoms with Gasteiger partial charge in [-0.1, -0.05) is 11.3 Å². The molecule has 3 heterocycles. The van der Waals surface area contributed by atoms with Gasteiger partial charge in [0.1, 0.15) is 11.6 Å².